The van der Waals surface area contributed by atoms with E-state index in [1.54, 1.807) is 0 Å². The first-order valence-electron chi connectivity index (χ1n) is 7.79. The largest absolute Gasteiger partial charge is 0.454 e. The summed E-state index contributed by atoms with van der Waals surface area (Å²) < 4.78 is 4.76. The predicted molar refractivity (Wildman–Crippen MR) is 93.8 cm³/mol. The Morgan fingerprint density at radius 1 is 1.27 bits per heavy atom. The van der Waals surface area contributed by atoms with Crippen LogP contribution in [0.3, 0.4) is 0 Å². The van der Waals surface area contributed by atoms with Crippen LogP contribution in [0.15, 0.2) is 18.2 Å². The molecule has 0 heterocycles. The van der Waals surface area contributed by atoms with E-state index in [1.165, 1.54) is 12.1 Å². The molecule has 0 aliphatic carbocycles. The fourth-order valence-corrected chi connectivity index (χ4v) is 1.89. The molecular weight excluding hydrogens is 366 g/mol. The van der Waals surface area contributed by atoms with E-state index >= 15 is 0 Å². The summed E-state index contributed by atoms with van der Waals surface area (Å²) in [6.45, 7) is 4.76. The first-order chi connectivity index (χ1) is 12.1. The number of halogens is 1. The first-order valence-corrected chi connectivity index (χ1v) is 8.16. The Bertz CT molecular complexity index is 707. The number of hydrogen-bond donors (Lipinski definition) is 2. The molecule has 1 rings (SSSR count). The summed E-state index contributed by atoms with van der Waals surface area (Å²) in [4.78, 5) is 45.2. The number of nitro benzene ring substituents is 1. The zero-order valence-corrected chi connectivity index (χ0v) is 15.3. The quantitative estimate of drug-likeness (QED) is 0.398. The Hall–Kier alpha value is -2.68. The van der Waals surface area contributed by atoms with Gasteiger partial charge in [-0.25, -0.2) is 0 Å². The van der Waals surface area contributed by atoms with Crippen molar-refractivity contribution in [1.29, 1.82) is 0 Å². The third-order valence-electron chi connectivity index (χ3n) is 3.55. The molecule has 0 spiro atoms. The average molecular weight is 386 g/mol. The highest BCUT2D eigenvalue weighted by Crippen LogP contribution is 2.24. The van der Waals surface area contributed by atoms with Crippen molar-refractivity contribution in [2.24, 2.45) is 5.92 Å². The molecule has 10 heteroatoms. The van der Waals surface area contributed by atoms with Crippen molar-refractivity contribution in [1.82, 2.24) is 10.6 Å². The van der Waals surface area contributed by atoms with Crippen LogP contribution in [0.25, 0.3) is 0 Å². The number of ether oxygens (including phenoxy) is 1. The Morgan fingerprint density at radius 2 is 1.92 bits per heavy atom. The Kier molecular flexibility index (Phi) is 7.98. The van der Waals surface area contributed by atoms with Gasteiger partial charge in [-0.1, -0.05) is 25.4 Å². The molecule has 26 heavy (non-hydrogen) atoms. The molecule has 0 fully saturated rings. The number of amides is 2. The summed E-state index contributed by atoms with van der Waals surface area (Å²) in [5.41, 5.74) is -0.449. The number of hydrogen-bond acceptors (Lipinski definition) is 6. The summed E-state index contributed by atoms with van der Waals surface area (Å²) in [6, 6.07) is 3.44. The monoisotopic (exact) mass is 385 g/mol. The number of nitro groups is 1. The van der Waals surface area contributed by atoms with Crippen molar-refractivity contribution >= 4 is 35.1 Å². The van der Waals surface area contributed by atoms with E-state index in [2.05, 4.69) is 10.6 Å². The van der Waals surface area contributed by atoms with E-state index in [0.717, 1.165) is 6.07 Å². The van der Waals surface area contributed by atoms with Crippen LogP contribution in [-0.2, 0) is 14.3 Å². The molecule has 0 radical (unpaired) electrons. The molecule has 0 saturated carbocycles. The van der Waals surface area contributed by atoms with Crippen molar-refractivity contribution in [2.75, 3.05) is 13.2 Å². The van der Waals surface area contributed by atoms with E-state index in [1.807, 2.05) is 20.8 Å². The number of rotatable bonds is 8. The van der Waals surface area contributed by atoms with Crippen molar-refractivity contribution in [3.8, 4) is 0 Å². The minimum absolute atomic E-state index is 0.0302. The van der Waals surface area contributed by atoms with Gasteiger partial charge in [0.1, 0.15) is 11.6 Å². The van der Waals surface area contributed by atoms with E-state index in [4.69, 9.17) is 16.3 Å². The molecule has 0 aromatic heterocycles. The Balaban J connectivity index is 2.47. The molecule has 2 N–H and O–H groups in total. The second-order valence-corrected chi connectivity index (χ2v) is 6.27. The van der Waals surface area contributed by atoms with Gasteiger partial charge in [-0.05, 0) is 25.0 Å². The zero-order valence-electron chi connectivity index (χ0n) is 14.6. The van der Waals surface area contributed by atoms with Crippen LogP contribution < -0.4 is 10.6 Å². The molecule has 1 atom stereocenters. The minimum atomic E-state index is -0.811. The third kappa shape index (κ3) is 6.67. The number of esters is 1. The molecule has 142 valence electrons. The third-order valence-corrected chi connectivity index (χ3v) is 3.87. The summed E-state index contributed by atoms with van der Waals surface area (Å²) in [5.74, 6) is -1.73. The molecule has 1 aromatic carbocycles. The van der Waals surface area contributed by atoms with Gasteiger partial charge in [0, 0.05) is 17.7 Å². The van der Waals surface area contributed by atoms with Crippen LogP contribution in [0.5, 0.6) is 0 Å². The van der Waals surface area contributed by atoms with Gasteiger partial charge in [-0.15, -0.1) is 0 Å². The van der Waals surface area contributed by atoms with E-state index in [0.29, 0.717) is 0 Å². The number of carbonyl (C=O) groups excluding carboxylic acids is 3. The lowest BCUT2D eigenvalue weighted by atomic mass is 10.1. The second kappa shape index (κ2) is 9.71. The van der Waals surface area contributed by atoms with Gasteiger partial charge >= 0.3 is 5.97 Å². The van der Waals surface area contributed by atoms with Gasteiger partial charge in [0.05, 0.1) is 4.92 Å². The van der Waals surface area contributed by atoms with Crippen molar-refractivity contribution in [3.05, 3.63) is 38.9 Å². The van der Waals surface area contributed by atoms with Gasteiger partial charge in [0.25, 0.3) is 17.5 Å². The average Bonchev–Trinajstić information content (AvgIpc) is 2.57. The van der Waals surface area contributed by atoms with Crippen molar-refractivity contribution in [2.45, 2.75) is 26.8 Å². The maximum atomic E-state index is 11.9. The molecule has 0 aliphatic rings. The maximum absolute atomic E-state index is 11.9. The van der Waals surface area contributed by atoms with Gasteiger partial charge < -0.3 is 15.4 Å². The maximum Gasteiger partial charge on any atom is 0.325 e. The van der Waals surface area contributed by atoms with Crippen LogP contribution in [0.2, 0.25) is 5.02 Å². The lowest BCUT2D eigenvalue weighted by molar-refractivity contribution is -0.384. The van der Waals surface area contributed by atoms with Crippen LogP contribution in [-0.4, -0.2) is 41.9 Å². The normalized spacial score (nSPS) is 11.6. The Labute approximate surface area is 155 Å². The predicted octanol–water partition coefficient (Wildman–Crippen LogP) is 1.68. The number of nitrogens with one attached hydrogen (secondary N) is 2. The Morgan fingerprint density at radius 3 is 2.50 bits per heavy atom. The van der Waals surface area contributed by atoms with Crippen LogP contribution in [0.4, 0.5) is 5.69 Å². The smallest absolute Gasteiger partial charge is 0.325 e. The molecule has 9 nitrogen and oxygen atoms in total. The highest BCUT2D eigenvalue weighted by atomic mass is 35.5. The van der Waals surface area contributed by atoms with Crippen LogP contribution in [0.1, 0.15) is 31.1 Å². The molecule has 2 amide bonds. The first kappa shape index (κ1) is 21.4. The van der Waals surface area contributed by atoms with E-state index in [-0.39, 0.29) is 22.5 Å². The summed E-state index contributed by atoms with van der Waals surface area (Å²) in [6.07, 6.45) is 0. The minimum Gasteiger partial charge on any atom is -0.454 e. The van der Waals surface area contributed by atoms with Crippen molar-refractivity contribution < 1.29 is 24.0 Å². The number of nitrogens with zero attached hydrogens (tertiary/aromatic N) is 1. The van der Waals surface area contributed by atoms with Gasteiger partial charge in [0.15, 0.2) is 6.61 Å². The SMILES string of the molecule is CC(C)[C@@H](C)NC(=O)COC(=O)CNC(=O)c1ccc(Cl)c([N+](=O)[O-])c1. The zero-order chi connectivity index (χ0) is 19.9. The molecule has 0 bridgehead atoms. The fourth-order valence-electron chi connectivity index (χ4n) is 1.71. The van der Waals surface area contributed by atoms with Gasteiger partial charge in [-0.2, -0.15) is 0 Å². The highest BCUT2D eigenvalue weighted by molar-refractivity contribution is 6.32. The summed E-state index contributed by atoms with van der Waals surface area (Å²) in [7, 11) is 0. The van der Waals surface area contributed by atoms with E-state index < -0.39 is 41.5 Å². The van der Waals surface area contributed by atoms with Crippen LogP contribution in [0, 0.1) is 16.0 Å². The molecule has 0 unspecified atom stereocenters. The van der Waals surface area contributed by atoms with Gasteiger partial charge in [-0.3, -0.25) is 24.5 Å². The topological polar surface area (TPSA) is 128 Å². The number of benzene rings is 1. The highest BCUT2D eigenvalue weighted by Gasteiger charge is 2.17. The standard InChI is InChI=1S/C16H20ClN3O6/c1-9(2)10(3)19-14(21)8-26-15(22)7-18-16(23)11-4-5-12(17)13(6-11)20(24)25/h4-6,9-10H,7-8H2,1-3H3,(H,18,23)(H,19,21)/t10-/m1/s1. The van der Waals surface area contributed by atoms with Gasteiger partial charge in [0.2, 0.25) is 0 Å². The molecular formula is C16H20ClN3O6. The lowest BCUT2D eigenvalue weighted by Gasteiger charge is -2.17. The van der Waals surface area contributed by atoms with Crippen molar-refractivity contribution in [3.63, 3.8) is 0 Å². The number of carbonyl (C=O) groups is 3. The van der Waals surface area contributed by atoms with E-state index in [9.17, 15) is 24.5 Å². The fraction of sp³-hybridized carbons (Fsp3) is 0.438. The molecule has 1 aromatic rings. The second-order valence-electron chi connectivity index (χ2n) is 5.87. The molecule has 0 aliphatic heterocycles. The summed E-state index contributed by atoms with van der Waals surface area (Å²) >= 11 is 5.66. The summed E-state index contributed by atoms with van der Waals surface area (Å²) in [5, 5.41) is 15.6. The van der Waals surface area contributed by atoms with Crippen LogP contribution >= 0.6 is 11.6 Å². The molecule has 0 saturated heterocycles. The lowest BCUT2D eigenvalue weighted by Crippen LogP contribution is -2.39.